The van der Waals surface area contributed by atoms with Crippen molar-refractivity contribution in [1.29, 1.82) is 0 Å². The molecule has 0 unspecified atom stereocenters. The Morgan fingerprint density at radius 1 is 0.974 bits per heavy atom. The Balaban J connectivity index is 1.70. The van der Waals surface area contributed by atoms with Crippen LogP contribution in [0.15, 0.2) is 67.0 Å². The van der Waals surface area contributed by atoms with Crippen LogP contribution in [0.25, 0.3) is 22.2 Å². The van der Waals surface area contributed by atoms with Gasteiger partial charge in [-0.1, -0.05) is 48.0 Å². The largest absolute Gasteiger partial charge is 0.383 e. The van der Waals surface area contributed by atoms with Crippen molar-refractivity contribution in [1.82, 2.24) is 19.9 Å². The molecule has 5 aromatic rings. The van der Waals surface area contributed by atoms with Crippen molar-refractivity contribution in [2.75, 3.05) is 5.73 Å². The van der Waals surface area contributed by atoms with Crippen molar-refractivity contribution in [2.24, 2.45) is 11.5 Å². The molecule has 2 aromatic heterocycles. The number of benzene rings is 3. The maximum Gasteiger partial charge on any atom is 0.251 e. The van der Waals surface area contributed by atoms with Crippen LogP contribution >= 0.6 is 11.6 Å². The number of nitrogens with zero attached hydrogens (tertiary/aromatic N) is 3. The maximum absolute atomic E-state index is 15.8. The van der Waals surface area contributed by atoms with E-state index < -0.39 is 23.5 Å². The molecule has 0 aliphatic rings. The molecule has 11 heteroatoms. The van der Waals surface area contributed by atoms with Crippen molar-refractivity contribution in [3.05, 3.63) is 106 Å². The first-order valence-electron chi connectivity index (χ1n) is 11.5. The first-order chi connectivity index (χ1) is 18.2. The number of aromatic nitrogens is 4. The third kappa shape index (κ3) is 4.53. The van der Waals surface area contributed by atoms with Crippen LogP contribution in [0.2, 0.25) is 5.15 Å². The Labute approximate surface area is 220 Å². The maximum atomic E-state index is 15.8. The van der Waals surface area contributed by atoms with Crippen LogP contribution in [0.1, 0.15) is 43.6 Å². The molecule has 0 fully saturated rings. The number of rotatable bonds is 7. The fourth-order valence-corrected chi connectivity index (χ4v) is 4.72. The van der Waals surface area contributed by atoms with E-state index in [2.05, 4.69) is 15.0 Å². The normalized spacial score (nSPS) is 11.9. The Hall–Kier alpha value is -4.83. The molecular formula is C27H21ClFN7O2. The number of carbonyl (C=O) groups excluding carboxylic acids is 2. The van der Waals surface area contributed by atoms with E-state index in [1.165, 1.54) is 12.4 Å². The monoisotopic (exact) mass is 529 g/mol. The summed E-state index contributed by atoms with van der Waals surface area (Å²) in [5, 5.41) is 0.855. The van der Waals surface area contributed by atoms with Crippen molar-refractivity contribution >= 4 is 40.1 Å². The van der Waals surface area contributed by atoms with E-state index in [1.54, 1.807) is 18.2 Å². The van der Waals surface area contributed by atoms with Gasteiger partial charge in [-0.25, -0.2) is 19.3 Å². The summed E-state index contributed by atoms with van der Waals surface area (Å²) in [6.45, 7) is 0. The number of nitrogen functional groups attached to an aromatic ring is 1. The molecule has 3 aromatic carbocycles. The lowest BCUT2D eigenvalue weighted by atomic mass is 9.86. The molecule has 0 saturated heterocycles. The van der Waals surface area contributed by atoms with Crippen LogP contribution in [0.5, 0.6) is 0 Å². The number of H-pyrrole nitrogens is 1. The zero-order chi connectivity index (χ0) is 27.0. The minimum atomic E-state index is -0.978. The quantitative estimate of drug-likeness (QED) is 0.249. The first kappa shape index (κ1) is 24.8. The van der Waals surface area contributed by atoms with Gasteiger partial charge in [0.2, 0.25) is 5.91 Å². The fraction of sp³-hybridized carbons (Fsp3) is 0.0741. The lowest BCUT2D eigenvalue weighted by Gasteiger charge is -2.20. The van der Waals surface area contributed by atoms with Crippen LogP contribution in [-0.2, 0) is 6.42 Å². The van der Waals surface area contributed by atoms with Gasteiger partial charge in [0.1, 0.15) is 34.6 Å². The highest BCUT2D eigenvalue weighted by atomic mass is 35.5. The van der Waals surface area contributed by atoms with E-state index in [9.17, 15) is 9.59 Å². The van der Waals surface area contributed by atoms with E-state index in [1.807, 2.05) is 30.3 Å². The first-order valence-corrected chi connectivity index (χ1v) is 11.8. The molecule has 38 heavy (non-hydrogen) atoms. The van der Waals surface area contributed by atoms with E-state index >= 15 is 4.39 Å². The van der Waals surface area contributed by atoms with Crippen LogP contribution < -0.4 is 17.2 Å². The number of hydrogen-bond donors (Lipinski definition) is 4. The van der Waals surface area contributed by atoms with E-state index in [4.69, 9.17) is 33.8 Å². The molecular weight excluding hydrogens is 509 g/mol. The van der Waals surface area contributed by atoms with Gasteiger partial charge in [-0.05, 0) is 36.2 Å². The van der Waals surface area contributed by atoms with Crippen LogP contribution in [-0.4, -0.2) is 31.8 Å². The van der Waals surface area contributed by atoms with Gasteiger partial charge in [-0.2, -0.15) is 0 Å². The highest BCUT2D eigenvalue weighted by Gasteiger charge is 2.30. The smallest absolute Gasteiger partial charge is 0.251 e. The number of anilines is 1. The highest BCUT2D eigenvalue weighted by molar-refractivity contribution is 6.32. The fourth-order valence-electron chi connectivity index (χ4n) is 4.47. The average molecular weight is 530 g/mol. The summed E-state index contributed by atoms with van der Waals surface area (Å²) in [5.41, 5.74) is 18.8. The number of primary amides is 2. The molecule has 7 N–H and O–H groups in total. The van der Waals surface area contributed by atoms with Crippen molar-refractivity contribution in [3.63, 3.8) is 0 Å². The number of amides is 2. The third-order valence-corrected chi connectivity index (χ3v) is 6.56. The topological polar surface area (TPSA) is 167 Å². The van der Waals surface area contributed by atoms with Crippen molar-refractivity contribution in [2.45, 2.75) is 12.3 Å². The Morgan fingerprint density at radius 2 is 1.68 bits per heavy atom. The average Bonchev–Trinajstić information content (AvgIpc) is 3.28. The molecule has 0 bridgehead atoms. The number of nitrogens with two attached hydrogens (primary N) is 3. The van der Waals surface area contributed by atoms with Gasteiger partial charge in [-0.15, -0.1) is 0 Å². The van der Waals surface area contributed by atoms with Gasteiger partial charge in [0.05, 0.1) is 11.1 Å². The van der Waals surface area contributed by atoms with Crippen molar-refractivity contribution < 1.29 is 14.0 Å². The zero-order valence-electron chi connectivity index (χ0n) is 19.8. The second-order valence-electron chi connectivity index (χ2n) is 8.63. The Bertz CT molecular complexity index is 1710. The van der Waals surface area contributed by atoms with Gasteiger partial charge in [0.15, 0.2) is 0 Å². The minimum Gasteiger partial charge on any atom is -0.383 e. The second kappa shape index (κ2) is 9.91. The van der Waals surface area contributed by atoms with Crippen LogP contribution in [0.3, 0.4) is 0 Å². The number of halogens is 2. The molecule has 2 heterocycles. The zero-order valence-corrected chi connectivity index (χ0v) is 20.5. The predicted molar refractivity (Wildman–Crippen MR) is 142 cm³/mol. The van der Waals surface area contributed by atoms with E-state index in [0.29, 0.717) is 28.0 Å². The third-order valence-electron chi connectivity index (χ3n) is 6.29. The molecule has 2 amide bonds. The molecule has 0 spiro atoms. The minimum absolute atomic E-state index is 0.0969. The lowest BCUT2D eigenvalue weighted by Crippen LogP contribution is -2.22. The summed E-state index contributed by atoms with van der Waals surface area (Å²) >= 11 is 6.59. The molecule has 0 aliphatic carbocycles. The molecule has 0 aliphatic heterocycles. The molecule has 9 nitrogen and oxygen atoms in total. The van der Waals surface area contributed by atoms with Crippen molar-refractivity contribution in [3.8, 4) is 11.3 Å². The van der Waals surface area contributed by atoms with Gasteiger partial charge >= 0.3 is 0 Å². The molecule has 0 saturated carbocycles. The Kier molecular flexibility index (Phi) is 6.48. The van der Waals surface area contributed by atoms with Crippen LogP contribution in [0, 0.1) is 5.82 Å². The molecule has 1 atom stereocenters. The number of hydrogen-bond acceptors (Lipinski definition) is 6. The van der Waals surface area contributed by atoms with Gasteiger partial charge in [-0.3, -0.25) is 9.59 Å². The van der Waals surface area contributed by atoms with Gasteiger partial charge < -0.3 is 22.2 Å². The summed E-state index contributed by atoms with van der Waals surface area (Å²) in [6.07, 6.45) is 1.57. The van der Waals surface area contributed by atoms with Gasteiger partial charge in [0, 0.05) is 28.0 Å². The number of fused-ring (bicyclic) bond motifs is 1. The van der Waals surface area contributed by atoms with Gasteiger partial charge in [0.25, 0.3) is 5.91 Å². The second-order valence-corrected chi connectivity index (χ2v) is 9.01. The number of imidazole rings is 1. The molecule has 190 valence electrons. The summed E-state index contributed by atoms with van der Waals surface area (Å²) in [6, 6.07) is 16.9. The standard InChI is InChI=1S/C27H21ClFN7O2/c28-23-22(14-6-7-15-19(11-14)33-12-34-24(15)30)35-27(36-23)18(10-13-4-2-1-3-5-13)20-16(25(31)37)8-9-17(21(20)29)26(32)38/h1-9,11-12,18H,10H2,(H2,31,37)(H2,32,38)(H,35,36)(H2,30,33,34)/t18-/m0/s1. The summed E-state index contributed by atoms with van der Waals surface area (Å²) < 4.78 is 15.8. The van der Waals surface area contributed by atoms with E-state index in [-0.39, 0.29) is 34.1 Å². The lowest BCUT2D eigenvalue weighted by molar-refractivity contribution is 0.0983. The molecule has 5 rings (SSSR count). The van der Waals surface area contributed by atoms with E-state index in [0.717, 1.165) is 11.6 Å². The Morgan fingerprint density at radius 3 is 2.39 bits per heavy atom. The highest BCUT2D eigenvalue weighted by Crippen LogP contribution is 2.37. The molecule has 0 radical (unpaired) electrons. The SMILES string of the molecule is NC(=O)c1ccc(C(N)=O)c([C@H](Cc2ccccc2)c2nc(-c3ccc4c(N)ncnc4c3)c(Cl)[nH]2)c1F. The summed E-state index contributed by atoms with van der Waals surface area (Å²) in [7, 11) is 0. The number of aromatic amines is 1. The predicted octanol–water partition coefficient (Wildman–Crippen LogP) is 3.97. The number of carbonyl (C=O) groups is 2. The van der Waals surface area contributed by atoms with Crippen LogP contribution in [0.4, 0.5) is 10.2 Å². The number of nitrogens with one attached hydrogen (secondary N) is 1. The summed E-state index contributed by atoms with van der Waals surface area (Å²) in [4.78, 5) is 40.3. The summed E-state index contributed by atoms with van der Waals surface area (Å²) in [5.74, 6) is -3.06.